The van der Waals surface area contributed by atoms with Crippen molar-refractivity contribution in [2.45, 2.75) is 13.5 Å². The molecular formula is C13H11ClN2O. The molecule has 0 unspecified atom stereocenters. The van der Waals surface area contributed by atoms with Crippen LogP contribution in [0.1, 0.15) is 16.9 Å². The molecule has 1 N–H and O–H groups in total. The number of halogens is 1. The van der Waals surface area contributed by atoms with E-state index in [4.69, 9.17) is 21.3 Å². The van der Waals surface area contributed by atoms with Crippen LogP contribution in [0.4, 0.5) is 5.69 Å². The van der Waals surface area contributed by atoms with Crippen LogP contribution in [0.25, 0.3) is 0 Å². The minimum Gasteiger partial charge on any atom is -0.448 e. The highest BCUT2D eigenvalue weighted by molar-refractivity contribution is 6.28. The van der Waals surface area contributed by atoms with Crippen LogP contribution < -0.4 is 5.32 Å². The van der Waals surface area contributed by atoms with E-state index in [-0.39, 0.29) is 0 Å². The van der Waals surface area contributed by atoms with Crippen molar-refractivity contribution in [2.24, 2.45) is 0 Å². The van der Waals surface area contributed by atoms with Crippen LogP contribution >= 0.6 is 11.6 Å². The normalized spacial score (nSPS) is 9.94. The molecule has 3 nitrogen and oxygen atoms in total. The number of hydrogen-bond acceptors (Lipinski definition) is 3. The molecule has 0 aliphatic rings. The average molecular weight is 247 g/mol. The molecule has 4 heteroatoms. The highest BCUT2D eigenvalue weighted by atomic mass is 35.5. The fraction of sp³-hybridized carbons (Fsp3) is 0.154. The van der Waals surface area contributed by atoms with Crippen LogP contribution in [0.15, 0.2) is 34.7 Å². The molecule has 0 spiro atoms. The standard InChI is InChI=1S/C13H11ClN2O/c1-9-3-2-4-12(11(9)7-15)16-8-10-5-6-13(14)17-10/h2-6,16H,8H2,1H3. The van der Waals surface area contributed by atoms with Gasteiger partial charge in [-0.15, -0.1) is 0 Å². The molecule has 0 bridgehead atoms. The van der Waals surface area contributed by atoms with Crippen molar-refractivity contribution in [3.05, 3.63) is 52.4 Å². The maximum absolute atomic E-state index is 9.07. The number of aryl methyl sites for hydroxylation is 1. The SMILES string of the molecule is Cc1cccc(NCc2ccc(Cl)o2)c1C#N. The van der Waals surface area contributed by atoms with Crippen molar-refractivity contribution in [1.82, 2.24) is 0 Å². The molecule has 17 heavy (non-hydrogen) atoms. The molecule has 0 amide bonds. The van der Waals surface area contributed by atoms with Crippen molar-refractivity contribution in [3.8, 4) is 6.07 Å². The van der Waals surface area contributed by atoms with E-state index in [1.165, 1.54) is 0 Å². The van der Waals surface area contributed by atoms with Crippen molar-refractivity contribution in [1.29, 1.82) is 5.26 Å². The number of furan rings is 1. The summed E-state index contributed by atoms with van der Waals surface area (Å²) in [6.45, 7) is 2.42. The molecule has 1 aromatic carbocycles. The van der Waals surface area contributed by atoms with Gasteiger partial charge in [-0.3, -0.25) is 0 Å². The second-order valence-corrected chi connectivity index (χ2v) is 4.04. The Labute approximate surface area is 105 Å². The van der Waals surface area contributed by atoms with E-state index in [0.29, 0.717) is 17.3 Å². The molecule has 0 radical (unpaired) electrons. The first kappa shape index (κ1) is 11.6. The van der Waals surface area contributed by atoms with Crippen LogP contribution in [0.2, 0.25) is 5.22 Å². The topological polar surface area (TPSA) is 49.0 Å². The lowest BCUT2D eigenvalue weighted by Gasteiger charge is -2.08. The van der Waals surface area contributed by atoms with E-state index in [2.05, 4.69) is 11.4 Å². The van der Waals surface area contributed by atoms with Gasteiger partial charge in [0.2, 0.25) is 0 Å². The zero-order valence-corrected chi connectivity index (χ0v) is 10.1. The number of rotatable bonds is 3. The molecule has 2 aromatic rings. The summed E-state index contributed by atoms with van der Waals surface area (Å²) in [6.07, 6.45) is 0. The van der Waals surface area contributed by atoms with Gasteiger partial charge in [0, 0.05) is 0 Å². The Morgan fingerprint density at radius 1 is 1.35 bits per heavy atom. The number of anilines is 1. The third kappa shape index (κ3) is 2.61. The summed E-state index contributed by atoms with van der Waals surface area (Å²) in [5, 5.41) is 12.6. The Bertz CT molecular complexity index is 569. The lowest BCUT2D eigenvalue weighted by molar-refractivity contribution is 0.520. The molecule has 86 valence electrons. The van der Waals surface area contributed by atoms with E-state index < -0.39 is 0 Å². The highest BCUT2D eigenvalue weighted by Gasteiger charge is 2.05. The first-order valence-electron chi connectivity index (χ1n) is 5.18. The summed E-state index contributed by atoms with van der Waals surface area (Å²) in [6, 6.07) is 11.4. The van der Waals surface area contributed by atoms with E-state index in [9.17, 15) is 0 Å². The van der Waals surface area contributed by atoms with Gasteiger partial charge in [-0.2, -0.15) is 5.26 Å². The van der Waals surface area contributed by atoms with Gasteiger partial charge in [0.15, 0.2) is 5.22 Å². The second-order valence-electron chi connectivity index (χ2n) is 3.67. The van der Waals surface area contributed by atoms with Crippen LogP contribution in [-0.2, 0) is 6.54 Å². The molecule has 0 saturated carbocycles. The molecule has 2 rings (SSSR count). The van der Waals surface area contributed by atoms with E-state index in [1.54, 1.807) is 12.1 Å². The first-order valence-corrected chi connectivity index (χ1v) is 5.56. The lowest BCUT2D eigenvalue weighted by atomic mass is 10.1. The Morgan fingerprint density at radius 2 is 2.18 bits per heavy atom. The predicted molar refractivity (Wildman–Crippen MR) is 66.9 cm³/mol. The number of hydrogen-bond donors (Lipinski definition) is 1. The number of nitrogens with one attached hydrogen (secondary N) is 1. The summed E-state index contributed by atoms with van der Waals surface area (Å²) in [5.74, 6) is 0.736. The fourth-order valence-electron chi connectivity index (χ4n) is 1.59. The molecule has 1 aromatic heterocycles. The van der Waals surface area contributed by atoms with E-state index in [1.807, 2.05) is 25.1 Å². The molecule has 0 aliphatic heterocycles. The maximum Gasteiger partial charge on any atom is 0.193 e. The summed E-state index contributed by atoms with van der Waals surface area (Å²) in [7, 11) is 0. The molecule has 0 saturated heterocycles. The largest absolute Gasteiger partial charge is 0.448 e. The number of nitrogens with zero attached hydrogens (tertiary/aromatic N) is 1. The molecule has 1 heterocycles. The quantitative estimate of drug-likeness (QED) is 0.898. The highest BCUT2D eigenvalue weighted by Crippen LogP contribution is 2.20. The molecule has 0 fully saturated rings. The first-order chi connectivity index (χ1) is 8.20. The Morgan fingerprint density at radius 3 is 2.82 bits per heavy atom. The summed E-state index contributed by atoms with van der Waals surface area (Å²) in [5.41, 5.74) is 2.42. The minimum atomic E-state index is 0.367. The lowest BCUT2D eigenvalue weighted by Crippen LogP contribution is -2.01. The van der Waals surface area contributed by atoms with E-state index in [0.717, 1.165) is 17.0 Å². The third-order valence-electron chi connectivity index (χ3n) is 2.47. The molecule has 0 aliphatic carbocycles. The van der Waals surface area contributed by atoms with Crippen molar-refractivity contribution in [3.63, 3.8) is 0 Å². The van der Waals surface area contributed by atoms with Gasteiger partial charge in [0.1, 0.15) is 11.8 Å². The van der Waals surface area contributed by atoms with Crippen molar-refractivity contribution >= 4 is 17.3 Å². The van der Waals surface area contributed by atoms with Crippen molar-refractivity contribution in [2.75, 3.05) is 5.32 Å². The monoisotopic (exact) mass is 246 g/mol. The molecular weight excluding hydrogens is 236 g/mol. The minimum absolute atomic E-state index is 0.367. The Balaban J connectivity index is 2.14. The van der Waals surface area contributed by atoms with Crippen LogP contribution in [0, 0.1) is 18.3 Å². The fourth-order valence-corrected chi connectivity index (χ4v) is 1.75. The van der Waals surface area contributed by atoms with Gasteiger partial charge in [-0.25, -0.2) is 0 Å². The predicted octanol–water partition coefficient (Wildman–Crippen LogP) is 3.73. The van der Waals surface area contributed by atoms with Gasteiger partial charge in [0.05, 0.1) is 17.8 Å². The van der Waals surface area contributed by atoms with Gasteiger partial charge < -0.3 is 9.73 Å². The summed E-state index contributed by atoms with van der Waals surface area (Å²) < 4.78 is 5.23. The smallest absolute Gasteiger partial charge is 0.193 e. The van der Waals surface area contributed by atoms with Crippen LogP contribution in [0.5, 0.6) is 0 Å². The number of benzene rings is 1. The van der Waals surface area contributed by atoms with E-state index >= 15 is 0 Å². The Kier molecular flexibility index (Phi) is 3.36. The second kappa shape index (κ2) is 4.94. The zero-order valence-electron chi connectivity index (χ0n) is 9.33. The Hall–Kier alpha value is -1.92. The maximum atomic E-state index is 9.07. The van der Waals surface area contributed by atoms with Gasteiger partial charge >= 0.3 is 0 Å². The van der Waals surface area contributed by atoms with Crippen LogP contribution in [-0.4, -0.2) is 0 Å². The summed E-state index contributed by atoms with van der Waals surface area (Å²) in [4.78, 5) is 0. The van der Waals surface area contributed by atoms with Crippen molar-refractivity contribution < 1.29 is 4.42 Å². The zero-order chi connectivity index (χ0) is 12.3. The van der Waals surface area contributed by atoms with Gasteiger partial charge in [-0.1, -0.05) is 12.1 Å². The van der Waals surface area contributed by atoms with Crippen LogP contribution in [0.3, 0.4) is 0 Å². The van der Waals surface area contributed by atoms with Gasteiger partial charge in [0.25, 0.3) is 0 Å². The van der Waals surface area contributed by atoms with Gasteiger partial charge in [-0.05, 0) is 42.3 Å². The molecule has 0 atom stereocenters. The third-order valence-corrected chi connectivity index (χ3v) is 2.67. The average Bonchev–Trinajstić information content (AvgIpc) is 2.72. The summed E-state index contributed by atoms with van der Waals surface area (Å²) >= 11 is 5.68. The number of nitriles is 1.